The summed E-state index contributed by atoms with van der Waals surface area (Å²) >= 11 is 0. The molecule has 0 spiro atoms. The van der Waals surface area contributed by atoms with Gasteiger partial charge in [0.15, 0.2) is 6.17 Å². The first-order valence-corrected chi connectivity index (χ1v) is 2.65. The highest BCUT2D eigenvalue weighted by Gasteiger charge is 2.43. The third kappa shape index (κ3) is 3.48. The van der Waals surface area contributed by atoms with E-state index in [1.165, 1.54) is 0 Å². The minimum absolute atomic E-state index is 1.96. The van der Waals surface area contributed by atoms with E-state index in [0.717, 1.165) is 0 Å². The lowest BCUT2D eigenvalue weighted by Crippen LogP contribution is -2.32. The fourth-order valence-corrected chi connectivity index (χ4v) is 0.402. The maximum Gasteiger partial charge on any atom is 0.316 e. The molecule has 0 aliphatic rings. The van der Waals surface area contributed by atoms with Gasteiger partial charge in [0.25, 0.3) is 5.92 Å². The van der Waals surface area contributed by atoms with Gasteiger partial charge in [0.05, 0.1) is 6.42 Å². The molecule has 1 atom stereocenters. The SMILES string of the molecule is FCC(F)C(F)(F)C[C](F)F. The van der Waals surface area contributed by atoms with Crippen LogP contribution in [0.3, 0.4) is 0 Å². The Morgan fingerprint density at radius 3 is 2.00 bits per heavy atom. The predicted octanol–water partition coefficient (Wildman–Crippen LogP) is 2.75. The van der Waals surface area contributed by atoms with Crippen LogP contribution in [0, 0.1) is 6.43 Å². The largest absolute Gasteiger partial charge is 0.316 e. The molecule has 0 aromatic carbocycles. The van der Waals surface area contributed by atoms with Crippen molar-refractivity contribution in [3.8, 4) is 0 Å². The van der Waals surface area contributed by atoms with Crippen LogP contribution in [-0.4, -0.2) is 18.8 Å². The van der Waals surface area contributed by atoms with Crippen molar-refractivity contribution in [3.05, 3.63) is 6.43 Å². The molecule has 0 bridgehead atoms. The van der Waals surface area contributed by atoms with Crippen LogP contribution in [0.4, 0.5) is 26.3 Å². The van der Waals surface area contributed by atoms with E-state index in [2.05, 4.69) is 0 Å². The second kappa shape index (κ2) is 3.82. The Kier molecular flexibility index (Phi) is 3.68. The number of hydrogen-bond acceptors (Lipinski definition) is 0. The molecular weight excluding hydrogens is 174 g/mol. The third-order valence-corrected chi connectivity index (χ3v) is 0.963. The van der Waals surface area contributed by atoms with Crippen molar-refractivity contribution in [2.75, 3.05) is 6.67 Å². The molecule has 0 saturated carbocycles. The Morgan fingerprint density at radius 2 is 1.73 bits per heavy atom. The Hall–Kier alpha value is -0.420. The predicted molar refractivity (Wildman–Crippen MR) is 25.9 cm³/mol. The Balaban J connectivity index is 3.98. The molecule has 0 aliphatic heterocycles. The van der Waals surface area contributed by atoms with Gasteiger partial charge >= 0.3 is 6.43 Å². The zero-order valence-electron chi connectivity index (χ0n) is 5.26. The average molecular weight is 179 g/mol. The minimum Gasteiger partial charge on any atom is -0.248 e. The first-order chi connectivity index (χ1) is 4.90. The van der Waals surface area contributed by atoms with Crippen molar-refractivity contribution in [3.63, 3.8) is 0 Å². The van der Waals surface area contributed by atoms with Gasteiger partial charge in [-0.15, -0.1) is 0 Å². The molecule has 0 rings (SSSR count). The number of halogens is 6. The average Bonchev–Trinajstić information content (AvgIpc) is 1.83. The van der Waals surface area contributed by atoms with Gasteiger partial charge in [-0.3, -0.25) is 0 Å². The summed E-state index contributed by atoms with van der Waals surface area (Å²) in [4.78, 5) is 0. The monoisotopic (exact) mass is 179 g/mol. The Labute approximate surface area is 59.2 Å². The first kappa shape index (κ1) is 10.6. The third-order valence-electron chi connectivity index (χ3n) is 0.963. The lowest BCUT2D eigenvalue weighted by atomic mass is 10.1. The summed E-state index contributed by atoms with van der Waals surface area (Å²) in [5, 5.41) is 0. The number of alkyl halides is 4. The molecule has 0 amide bonds. The first-order valence-electron chi connectivity index (χ1n) is 2.65. The van der Waals surface area contributed by atoms with Gasteiger partial charge in [0.2, 0.25) is 0 Å². The Bertz CT molecular complexity index is 112. The van der Waals surface area contributed by atoms with Crippen LogP contribution in [0.1, 0.15) is 6.42 Å². The van der Waals surface area contributed by atoms with Crippen LogP contribution in [0.25, 0.3) is 0 Å². The summed E-state index contributed by atoms with van der Waals surface area (Å²) in [6.07, 6.45) is -7.77. The Morgan fingerprint density at radius 1 is 1.27 bits per heavy atom. The van der Waals surface area contributed by atoms with E-state index in [9.17, 15) is 26.3 Å². The van der Waals surface area contributed by atoms with E-state index in [-0.39, 0.29) is 0 Å². The summed E-state index contributed by atoms with van der Waals surface area (Å²) in [7, 11) is 0. The van der Waals surface area contributed by atoms with E-state index in [1.54, 1.807) is 0 Å². The molecule has 0 aliphatic carbocycles. The summed E-state index contributed by atoms with van der Waals surface area (Å²) in [5.74, 6) is -4.30. The van der Waals surface area contributed by atoms with Gasteiger partial charge in [0.1, 0.15) is 6.67 Å². The van der Waals surface area contributed by atoms with Gasteiger partial charge in [0, 0.05) is 0 Å². The molecule has 0 aromatic heterocycles. The summed E-state index contributed by atoms with van der Waals surface area (Å²) in [6.45, 7) is -1.96. The molecule has 0 saturated heterocycles. The summed E-state index contributed by atoms with van der Waals surface area (Å²) in [6, 6.07) is 0. The van der Waals surface area contributed by atoms with E-state index in [0.29, 0.717) is 0 Å². The molecular formula is C5H5F6. The summed E-state index contributed by atoms with van der Waals surface area (Å²) < 4.78 is 69.3. The zero-order chi connectivity index (χ0) is 9.07. The van der Waals surface area contributed by atoms with Crippen molar-refractivity contribution in [1.82, 2.24) is 0 Å². The van der Waals surface area contributed by atoms with Gasteiger partial charge in [-0.05, 0) is 0 Å². The van der Waals surface area contributed by atoms with Crippen molar-refractivity contribution >= 4 is 0 Å². The van der Waals surface area contributed by atoms with Gasteiger partial charge in [-0.2, -0.15) is 8.78 Å². The molecule has 67 valence electrons. The molecule has 11 heavy (non-hydrogen) atoms. The lowest BCUT2D eigenvalue weighted by molar-refractivity contribution is -0.0944. The maximum absolute atomic E-state index is 12.0. The number of hydrogen-bond donors (Lipinski definition) is 0. The normalized spacial score (nSPS) is 15.5. The van der Waals surface area contributed by atoms with Crippen LogP contribution in [-0.2, 0) is 0 Å². The second-order valence-corrected chi connectivity index (χ2v) is 1.90. The zero-order valence-corrected chi connectivity index (χ0v) is 5.26. The van der Waals surface area contributed by atoms with Gasteiger partial charge < -0.3 is 0 Å². The lowest BCUT2D eigenvalue weighted by Gasteiger charge is -2.16. The van der Waals surface area contributed by atoms with Crippen LogP contribution in [0.15, 0.2) is 0 Å². The van der Waals surface area contributed by atoms with Gasteiger partial charge in [-0.25, -0.2) is 17.6 Å². The van der Waals surface area contributed by atoms with E-state index >= 15 is 0 Å². The minimum atomic E-state index is -4.30. The molecule has 0 heterocycles. The highest BCUT2D eigenvalue weighted by Crippen LogP contribution is 2.31. The van der Waals surface area contributed by atoms with Crippen molar-refractivity contribution in [2.45, 2.75) is 18.5 Å². The van der Waals surface area contributed by atoms with Crippen molar-refractivity contribution in [2.24, 2.45) is 0 Å². The van der Waals surface area contributed by atoms with E-state index in [1.807, 2.05) is 0 Å². The van der Waals surface area contributed by atoms with Crippen LogP contribution >= 0.6 is 0 Å². The fraction of sp³-hybridized carbons (Fsp3) is 0.800. The molecule has 0 fully saturated rings. The maximum atomic E-state index is 12.0. The molecule has 0 nitrogen and oxygen atoms in total. The quantitative estimate of drug-likeness (QED) is 0.582. The fourth-order valence-electron chi connectivity index (χ4n) is 0.402. The highest BCUT2D eigenvalue weighted by molar-refractivity contribution is 4.82. The molecule has 1 radical (unpaired) electrons. The second-order valence-electron chi connectivity index (χ2n) is 1.90. The van der Waals surface area contributed by atoms with Gasteiger partial charge in [-0.1, -0.05) is 0 Å². The summed E-state index contributed by atoms with van der Waals surface area (Å²) in [5.41, 5.74) is 0. The standard InChI is InChI=1S/C5H5F6/c6-2-3(7)5(10,11)1-4(8)9/h3H,1-2H2. The molecule has 6 heteroatoms. The topological polar surface area (TPSA) is 0 Å². The van der Waals surface area contributed by atoms with Crippen LogP contribution < -0.4 is 0 Å². The van der Waals surface area contributed by atoms with Crippen LogP contribution in [0.5, 0.6) is 0 Å². The molecule has 0 aromatic rings. The van der Waals surface area contributed by atoms with Crippen LogP contribution in [0.2, 0.25) is 0 Å². The van der Waals surface area contributed by atoms with Crippen molar-refractivity contribution < 1.29 is 26.3 Å². The molecule has 1 unspecified atom stereocenters. The van der Waals surface area contributed by atoms with Crippen molar-refractivity contribution in [1.29, 1.82) is 0 Å². The number of rotatable bonds is 4. The molecule has 0 N–H and O–H groups in total. The van der Waals surface area contributed by atoms with E-state index in [4.69, 9.17) is 0 Å². The van der Waals surface area contributed by atoms with E-state index < -0.39 is 31.6 Å². The smallest absolute Gasteiger partial charge is 0.248 e. The highest BCUT2D eigenvalue weighted by atomic mass is 19.3.